The molecule has 0 rings (SSSR count). The summed E-state index contributed by atoms with van der Waals surface area (Å²) in [5.74, 6) is -3.69. The molecule has 0 aromatic rings. The summed E-state index contributed by atoms with van der Waals surface area (Å²) >= 11 is 0. The van der Waals surface area contributed by atoms with E-state index in [2.05, 4.69) is 16.0 Å². The van der Waals surface area contributed by atoms with E-state index >= 15 is 0 Å². The van der Waals surface area contributed by atoms with Gasteiger partial charge in [-0.1, -0.05) is 61.3 Å². The minimum Gasteiger partial charge on any atom is -0.462 e. The minimum absolute atomic E-state index is 0.0178. The van der Waals surface area contributed by atoms with Gasteiger partial charge in [0, 0.05) is 6.54 Å². The molecule has 0 bridgehead atoms. The number of primary amides is 1. The number of esters is 1. The van der Waals surface area contributed by atoms with Crippen molar-refractivity contribution in [1.82, 2.24) is 20.9 Å². The molecule has 5 N–H and O–H groups in total. The van der Waals surface area contributed by atoms with Crippen LogP contribution in [0.4, 0.5) is 4.79 Å². The van der Waals surface area contributed by atoms with Crippen LogP contribution in [0.15, 0.2) is 0 Å². The van der Waals surface area contributed by atoms with Gasteiger partial charge in [-0.3, -0.25) is 24.0 Å². The second-order valence-corrected chi connectivity index (χ2v) is 12.4. The van der Waals surface area contributed by atoms with Crippen molar-refractivity contribution in [3.8, 4) is 0 Å². The van der Waals surface area contributed by atoms with E-state index < -0.39 is 59.0 Å². The predicted molar refractivity (Wildman–Crippen MR) is 156 cm³/mol. The molecule has 12 nitrogen and oxygen atoms in total. The molecular weight excluding hydrogens is 530 g/mol. The van der Waals surface area contributed by atoms with Crippen LogP contribution in [-0.4, -0.2) is 77.7 Å². The molecule has 0 aliphatic carbocycles. The Balaban J connectivity index is 6.21. The Morgan fingerprint density at radius 3 is 1.93 bits per heavy atom. The Hall–Kier alpha value is -3.18. The molecule has 0 aromatic carbocycles. The van der Waals surface area contributed by atoms with Crippen LogP contribution in [-0.2, 0) is 28.7 Å². The van der Waals surface area contributed by atoms with E-state index in [1.54, 1.807) is 41.5 Å². The van der Waals surface area contributed by atoms with E-state index in [9.17, 15) is 28.8 Å². The fourth-order valence-corrected chi connectivity index (χ4v) is 4.49. The van der Waals surface area contributed by atoms with Gasteiger partial charge < -0.3 is 31.3 Å². The van der Waals surface area contributed by atoms with Gasteiger partial charge in [-0.2, -0.15) is 0 Å². The number of rotatable bonds is 17. The van der Waals surface area contributed by atoms with Gasteiger partial charge in [0.05, 0.1) is 12.1 Å². The summed E-state index contributed by atoms with van der Waals surface area (Å²) in [6.07, 6.45) is 1.85. The molecule has 0 saturated heterocycles. The Labute approximate surface area is 245 Å². The van der Waals surface area contributed by atoms with E-state index in [0.29, 0.717) is 6.42 Å². The predicted octanol–water partition coefficient (Wildman–Crippen LogP) is 2.28. The molecule has 5 amide bonds. The molecule has 0 spiro atoms. The first kappa shape index (κ1) is 37.8. The normalized spacial score (nSPS) is 14.4. The number of nitrogens with one attached hydrogen (secondary N) is 3. The average Bonchev–Trinajstić information content (AvgIpc) is 2.83. The third kappa shape index (κ3) is 13.8. The lowest BCUT2D eigenvalue weighted by Gasteiger charge is -2.38. The Bertz CT molecular complexity index is 914. The molecule has 0 fully saturated rings. The monoisotopic (exact) mass is 583 g/mol. The van der Waals surface area contributed by atoms with Crippen molar-refractivity contribution in [3.05, 3.63) is 0 Å². The number of hydrogen-bond acceptors (Lipinski definition) is 7. The highest BCUT2D eigenvalue weighted by atomic mass is 16.5. The van der Waals surface area contributed by atoms with Gasteiger partial charge in [0.15, 0.2) is 0 Å². The third-order valence-corrected chi connectivity index (χ3v) is 6.44. The smallest absolute Gasteiger partial charge is 0.325 e. The first-order valence-corrected chi connectivity index (χ1v) is 14.5. The zero-order valence-corrected chi connectivity index (χ0v) is 26.6. The fourth-order valence-electron chi connectivity index (χ4n) is 4.49. The van der Waals surface area contributed by atoms with Crippen molar-refractivity contribution in [3.63, 3.8) is 0 Å². The van der Waals surface area contributed by atoms with Crippen LogP contribution in [0.3, 0.4) is 0 Å². The highest BCUT2D eigenvalue weighted by Crippen LogP contribution is 2.25. The highest BCUT2D eigenvalue weighted by molar-refractivity contribution is 6.37. The standard InChI is InChI=1S/C29H53N5O7/c1-11-13-19(7)15-21(26(38)32-20(14-17(3)4)23(36)25(30)37)34(12-2)27(39)24(29(8,9)10)33-28(40)31-16-22(35)41-18(5)6/h17-21,24H,11-16H2,1-10H3,(H2,30,37)(H,32,38)(H2,31,33,40)/t19-,20?,21?,24?/m1/s1. The topological polar surface area (TPSA) is 177 Å². The number of ether oxygens (including phenoxy) is 1. The number of ketones is 1. The van der Waals surface area contributed by atoms with Crippen molar-refractivity contribution in [2.24, 2.45) is 23.0 Å². The van der Waals surface area contributed by atoms with E-state index in [-0.39, 0.29) is 37.5 Å². The lowest BCUT2D eigenvalue weighted by atomic mass is 9.85. The van der Waals surface area contributed by atoms with E-state index in [1.807, 2.05) is 27.7 Å². The Morgan fingerprint density at radius 2 is 1.49 bits per heavy atom. The maximum atomic E-state index is 14.0. The van der Waals surface area contributed by atoms with Crippen molar-refractivity contribution in [1.29, 1.82) is 0 Å². The lowest BCUT2D eigenvalue weighted by Crippen LogP contribution is -2.61. The van der Waals surface area contributed by atoms with Crippen molar-refractivity contribution in [2.75, 3.05) is 13.1 Å². The molecule has 0 aliphatic rings. The van der Waals surface area contributed by atoms with Crippen LogP contribution < -0.4 is 21.7 Å². The molecule has 41 heavy (non-hydrogen) atoms. The van der Waals surface area contributed by atoms with Gasteiger partial charge in [0.2, 0.25) is 17.6 Å². The summed E-state index contributed by atoms with van der Waals surface area (Å²) in [5.41, 5.74) is 4.47. The van der Waals surface area contributed by atoms with Crippen LogP contribution >= 0.6 is 0 Å². The van der Waals surface area contributed by atoms with Gasteiger partial charge in [-0.05, 0) is 50.9 Å². The Morgan fingerprint density at radius 1 is 0.902 bits per heavy atom. The van der Waals surface area contributed by atoms with E-state index in [4.69, 9.17) is 10.5 Å². The molecular formula is C29H53N5O7. The van der Waals surface area contributed by atoms with Crippen molar-refractivity contribution < 1.29 is 33.5 Å². The molecule has 0 aliphatic heterocycles. The quantitative estimate of drug-likeness (QED) is 0.150. The van der Waals surface area contributed by atoms with E-state index in [1.165, 1.54) is 4.90 Å². The van der Waals surface area contributed by atoms with Gasteiger partial charge in [0.25, 0.3) is 5.91 Å². The number of nitrogens with two attached hydrogens (primary N) is 1. The number of Topliss-reactive ketones (excluding diaryl/α,β-unsaturated/α-hetero) is 1. The van der Waals surface area contributed by atoms with Crippen LogP contribution in [0.1, 0.15) is 94.9 Å². The first-order chi connectivity index (χ1) is 18.8. The molecule has 0 aromatic heterocycles. The van der Waals surface area contributed by atoms with Crippen molar-refractivity contribution in [2.45, 2.75) is 119 Å². The van der Waals surface area contributed by atoms with Gasteiger partial charge in [0.1, 0.15) is 18.6 Å². The second kappa shape index (κ2) is 17.6. The molecule has 0 saturated carbocycles. The summed E-state index contributed by atoms with van der Waals surface area (Å²) in [6, 6.07) is -3.88. The summed E-state index contributed by atoms with van der Waals surface area (Å²) in [5, 5.41) is 7.75. The van der Waals surface area contributed by atoms with Crippen LogP contribution in [0.2, 0.25) is 0 Å². The molecule has 12 heteroatoms. The summed E-state index contributed by atoms with van der Waals surface area (Å²) in [6.45, 7) is 17.9. The number of urea groups is 1. The lowest BCUT2D eigenvalue weighted by molar-refractivity contribution is -0.146. The molecule has 4 atom stereocenters. The third-order valence-electron chi connectivity index (χ3n) is 6.44. The number of carbonyl (C=O) groups is 6. The maximum absolute atomic E-state index is 14.0. The largest absolute Gasteiger partial charge is 0.462 e. The van der Waals surface area contributed by atoms with E-state index in [0.717, 1.165) is 12.8 Å². The van der Waals surface area contributed by atoms with Gasteiger partial charge in [-0.15, -0.1) is 0 Å². The molecule has 0 radical (unpaired) electrons. The van der Waals surface area contributed by atoms with Crippen LogP contribution in [0.5, 0.6) is 0 Å². The number of nitrogens with zero attached hydrogens (tertiary/aromatic N) is 1. The number of hydrogen-bond donors (Lipinski definition) is 4. The maximum Gasteiger partial charge on any atom is 0.325 e. The minimum atomic E-state index is -1.14. The number of amides is 5. The Kier molecular flexibility index (Phi) is 16.2. The summed E-state index contributed by atoms with van der Waals surface area (Å²) < 4.78 is 5.02. The summed E-state index contributed by atoms with van der Waals surface area (Å²) in [4.78, 5) is 77.8. The fraction of sp³-hybridized carbons (Fsp3) is 0.793. The number of carbonyl (C=O) groups excluding carboxylic acids is 6. The van der Waals surface area contributed by atoms with Crippen molar-refractivity contribution >= 4 is 35.5 Å². The average molecular weight is 584 g/mol. The first-order valence-electron chi connectivity index (χ1n) is 14.5. The summed E-state index contributed by atoms with van der Waals surface area (Å²) in [7, 11) is 0. The zero-order chi connectivity index (χ0) is 32.1. The van der Waals surface area contributed by atoms with Gasteiger partial charge >= 0.3 is 12.0 Å². The van der Waals surface area contributed by atoms with Crippen LogP contribution in [0, 0.1) is 17.3 Å². The SMILES string of the molecule is CCC[C@@H](C)CC(C(=O)NC(CC(C)C)C(=O)C(N)=O)N(CC)C(=O)C(NC(=O)NCC(=O)OC(C)C)C(C)(C)C. The number of likely N-dealkylation sites (N-methyl/N-ethyl adjacent to an activating group) is 1. The highest BCUT2D eigenvalue weighted by Gasteiger charge is 2.40. The molecule has 3 unspecified atom stereocenters. The van der Waals surface area contributed by atoms with Gasteiger partial charge in [-0.25, -0.2) is 4.79 Å². The molecule has 236 valence electrons. The second-order valence-electron chi connectivity index (χ2n) is 12.4. The molecule has 0 heterocycles. The zero-order valence-electron chi connectivity index (χ0n) is 26.6. The van der Waals surface area contributed by atoms with Crippen LogP contribution in [0.25, 0.3) is 0 Å².